The molecule has 152 valence electrons. The molecule has 0 aromatic rings. The van der Waals surface area contributed by atoms with Crippen LogP contribution in [0.1, 0.15) is 84.0 Å². The number of hydrogen-bond donors (Lipinski definition) is 0. The summed E-state index contributed by atoms with van der Waals surface area (Å²) >= 11 is 0. The molecule has 0 rings (SSSR count). The van der Waals surface area contributed by atoms with Crippen molar-refractivity contribution in [1.29, 1.82) is 0 Å². The van der Waals surface area contributed by atoms with Crippen molar-refractivity contribution in [1.82, 2.24) is 0 Å². The Hall–Kier alpha value is -0.330. The Kier molecular flexibility index (Phi) is 13.6. The fourth-order valence-corrected chi connectivity index (χ4v) is 3.31. The molecule has 0 fully saturated rings. The lowest BCUT2D eigenvalue weighted by Gasteiger charge is -2.36. The molecule has 0 aromatic heterocycles. The van der Waals surface area contributed by atoms with E-state index in [1.165, 1.54) is 25.7 Å². The molecule has 3 nitrogen and oxygen atoms in total. The Morgan fingerprint density at radius 1 is 0.680 bits per heavy atom. The number of alkyl halides is 3. The van der Waals surface area contributed by atoms with Crippen LogP contribution in [-0.4, -0.2) is 33.5 Å². The van der Waals surface area contributed by atoms with Gasteiger partial charge in [-0.05, 0) is 19.3 Å². The van der Waals surface area contributed by atoms with Gasteiger partial charge in [0.05, 0.1) is 0 Å². The molecule has 0 heterocycles. The lowest BCUT2D eigenvalue weighted by molar-refractivity contribution is -0.380. The number of ether oxygens (including phenoxy) is 3. The molecule has 0 amide bonds. The molecule has 0 N–H and O–H groups in total. The quantitative estimate of drug-likeness (QED) is 0.230. The Morgan fingerprint density at radius 3 is 1.56 bits per heavy atom. The summed E-state index contributed by atoms with van der Waals surface area (Å²) in [5, 5.41) is 0. The third kappa shape index (κ3) is 11.1. The van der Waals surface area contributed by atoms with Crippen LogP contribution in [0.2, 0.25) is 0 Å². The highest BCUT2D eigenvalue weighted by Gasteiger charge is 2.39. The van der Waals surface area contributed by atoms with Crippen molar-refractivity contribution in [2.45, 2.75) is 96.1 Å². The molecule has 0 saturated heterocycles. The van der Waals surface area contributed by atoms with E-state index in [9.17, 15) is 13.2 Å². The summed E-state index contributed by atoms with van der Waals surface area (Å²) in [6, 6.07) is 0. The normalized spacial score (nSPS) is 14.0. The Labute approximate surface area is 151 Å². The van der Waals surface area contributed by atoms with Gasteiger partial charge in [0.15, 0.2) is 0 Å². The van der Waals surface area contributed by atoms with Crippen molar-refractivity contribution in [3.8, 4) is 0 Å². The molecule has 0 aromatic carbocycles. The van der Waals surface area contributed by atoms with E-state index in [1.54, 1.807) is 21.3 Å². The summed E-state index contributed by atoms with van der Waals surface area (Å²) in [6.45, 7) is 2.19. The van der Waals surface area contributed by atoms with Crippen molar-refractivity contribution in [3.05, 3.63) is 0 Å². The van der Waals surface area contributed by atoms with Gasteiger partial charge in [0, 0.05) is 33.7 Å². The SMILES string of the molecule is CCCCCCCCC(CCCCCC(F)(F)F)C(OC)(OC)OC. The molecule has 1 unspecified atom stereocenters. The number of halogens is 3. The van der Waals surface area contributed by atoms with Gasteiger partial charge in [-0.2, -0.15) is 13.2 Å². The number of hydrogen-bond acceptors (Lipinski definition) is 3. The summed E-state index contributed by atoms with van der Waals surface area (Å²) in [6.07, 6.45) is 5.46. The summed E-state index contributed by atoms with van der Waals surface area (Å²) < 4.78 is 53.1. The first kappa shape index (κ1) is 24.7. The van der Waals surface area contributed by atoms with E-state index >= 15 is 0 Å². The predicted octanol–water partition coefficient (Wildman–Crippen LogP) is 6.46. The average Bonchev–Trinajstić information content (AvgIpc) is 2.57. The Balaban J connectivity index is 4.38. The fraction of sp³-hybridized carbons (Fsp3) is 1.00. The Morgan fingerprint density at radius 2 is 1.12 bits per heavy atom. The van der Waals surface area contributed by atoms with Gasteiger partial charge in [-0.1, -0.05) is 58.3 Å². The van der Waals surface area contributed by atoms with Gasteiger partial charge in [-0.3, -0.25) is 0 Å². The summed E-state index contributed by atoms with van der Waals surface area (Å²) in [5.41, 5.74) is 0. The van der Waals surface area contributed by atoms with Crippen LogP contribution >= 0.6 is 0 Å². The van der Waals surface area contributed by atoms with E-state index in [0.717, 1.165) is 25.7 Å². The van der Waals surface area contributed by atoms with Crippen molar-refractivity contribution in [2.75, 3.05) is 21.3 Å². The van der Waals surface area contributed by atoms with Crippen molar-refractivity contribution in [2.24, 2.45) is 5.92 Å². The highest BCUT2D eigenvalue weighted by Crippen LogP contribution is 2.33. The molecule has 0 aliphatic carbocycles. The molecule has 0 aliphatic heterocycles. The van der Waals surface area contributed by atoms with Crippen LogP contribution in [0.4, 0.5) is 13.2 Å². The first-order valence-electron chi connectivity index (χ1n) is 9.57. The van der Waals surface area contributed by atoms with Gasteiger partial charge in [0.2, 0.25) is 0 Å². The zero-order chi connectivity index (χ0) is 19.2. The zero-order valence-electron chi connectivity index (χ0n) is 16.4. The van der Waals surface area contributed by atoms with Crippen LogP contribution in [-0.2, 0) is 14.2 Å². The first-order valence-corrected chi connectivity index (χ1v) is 9.57. The molecule has 0 bridgehead atoms. The minimum Gasteiger partial charge on any atom is -0.331 e. The maximum absolute atomic E-state index is 12.2. The lowest BCUT2D eigenvalue weighted by Crippen LogP contribution is -2.44. The van der Waals surface area contributed by atoms with Crippen molar-refractivity contribution in [3.63, 3.8) is 0 Å². The number of rotatable bonds is 16. The smallest absolute Gasteiger partial charge is 0.331 e. The minimum absolute atomic E-state index is 0.0181. The third-order valence-electron chi connectivity index (χ3n) is 4.77. The van der Waals surface area contributed by atoms with Crippen LogP contribution in [0.25, 0.3) is 0 Å². The fourth-order valence-electron chi connectivity index (χ4n) is 3.31. The van der Waals surface area contributed by atoms with E-state index in [0.29, 0.717) is 12.8 Å². The highest BCUT2D eigenvalue weighted by atomic mass is 19.4. The largest absolute Gasteiger partial charge is 0.389 e. The van der Waals surface area contributed by atoms with Crippen LogP contribution in [0.5, 0.6) is 0 Å². The third-order valence-corrected chi connectivity index (χ3v) is 4.77. The van der Waals surface area contributed by atoms with Gasteiger partial charge in [-0.15, -0.1) is 0 Å². The van der Waals surface area contributed by atoms with Crippen LogP contribution < -0.4 is 0 Å². The molecule has 25 heavy (non-hydrogen) atoms. The first-order chi connectivity index (χ1) is 11.8. The molecule has 1 atom stereocenters. The number of unbranched alkanes of at least 4 members (excludes halogenated alkanes) is 7. The van der Waals surface area contributed by atoms with Crippen LogP contribution in [0.15, 0.2) is 0 Å². The van der Waals surface area contributed by atoms with E-state index in [2.05, 4.69) is 6.92 Å². The van der Waals surface area contributed by atoms with E-state index in [1.807, 2.05) is 0 Å². The van der Waals surface area contributed by atoms with Gasteiger partial charge in [0.25, 0.3) is 5.97 Å². The molecule has 0 radical (unpaired) electrons. The lowest BCUT2D eigenvalue weighted by atomic mass is 9.91. The average molecular weight is 370 g/mol. The maximum atomic E-state index is 12.2. The number of methoxy groups -OCH3 is 3. The standard InChI is InChI=1S/C19H37F3O3/c1-5-6-7-8-9-11-14-17(19(23-2,24-3)25-4)15-12-10-13-16-18(20,21)22/h17H,5-16H2,1-4H3. The predicted molar refractivity (Wildman–Crippen MR) is 94.4 cm³/mol. The van der Waals surface area contributed by atoms with Crippen molar-refractivity contribution >= 4 is 0 Å². The molecule has 0 saturated carbocycles. The van der Waals surface area contributed by atoms with E-state index < -0.39 is 18.6 Å². The Bertz CT molecular complexity index is 297. The highest BCUT2D eigenvalue weighted by molar-refractivity contribution is 4.72. The summed E-state index contributed by atoms with van der Waals surface area (Å²) in [4.78, 5) is 0. The maximum Gasteiger partial charge on any atom is 0.389 e. The second kappa shape index (κ2) is 13.8. The zero-order valence-corrected chi connectivity index (χ0v) is 16.4. The van der Waals surface area contributed by atoms with Gasteiger partial charge >= 0.3 is 6.18 Å². The van der Waals surface area contributed by atoms with Gasteiger partial charge in [0.1, 0.15) is 0 Å². The summed E-state index contributed by atoms with van der Waals surface area (Å²) in [5.74, 6) is -1.09. The topological polar surface area (TPSA) is 27.7 Å². The molecular weight excluding hydrogens is 333 g/mol. The molecule has 6 heteroatoms. The van der Waals surface area contributed by atoms with Gasteiger partial charge in [-0.25, -0.2) is 0 Å². The molecule has 0 aliphatic rings. The second-order valence-electron chi connectivity index (χ2n) is 6.68. The minimum atomic E-state index is -4.06. The van der Waals surface area contributed by atoms with Gasteiger partial charge < -0.3 is 14.2 Å². The van der Waals surface area contributed by atoms with E-state index in [-0.39, 0.29) is 12.3 Å². The summed E-state index contributed by atoms with van der Waals surface area (Å²) in [7, 11) is 4.64. The van der Waals surface area contributed by atoms with E-state index in [4.69, 9.17) is 14.2 Å². The second-order valence-corrected chi connectivity index (χ2v) is 6.68. The molecular formula is C19H37F3O3. The monoisotopic (exact) mass is 370 g/mol. The van der Waals surface area contributed by atoms with Crippen molar-refractivity contribution < 1.29 is 27.4 Å². The molecule has 0 spiro atoms. The van der Waals surface area contributed by atoms with Crippen LogP contribution in [0, 0.1) is 5.92 Å². The van der Waals surface area contributed by atoms with Crippen LogP contribution in [0.3, 0.4) is 0 Å².